The zero-order chi connectivity index (χ0) is 19.4. The fraction of sp³-hybridized carbons (Fsp3) is 0.100. The van der Waals surface area contributed by atoms with Crippen molar-refractivity contribution in [3.8, 4) is 0 Å². The molecule has 3 aromatic rings. The summed E-state index contributed by atoms with van der Waals surface area (Å²) in [5, 5.41) is 0.673. The van der Waals surface area contributed by atoms with Gasteiger partial charge in [0.1, 0.15) is 5.82 Å². The Hall–Kier alpha value is -2.02. The third-order valence-electron chi connectivity index (χ3n) is 3.87. The molecule has 0 heterocycles. The van der Waals surface area contributed by atoms with Crippen LogP contribution < -0.4 is 4.72 Å². The van der Waals surface area contributed by atoms with Gasteiger partial charge < -0.3 is 0 Å². The third kappa shape index (κ3) is 5.03. The van der Waals surface area contributed by atoms with Gasteiger partial charge in [0.25, 0.3) is 10.0 Å². The average Bonchev–Trinajstić information content (AvgIpc) is 2.61. The first-order chi connectivity index (χ1) is 12.8. The average molecular weight is 422 g/mol. The fourth-order valence-corrected chi connectivity index (χ4v) is 4.99. The Kier molecular flexibility index (Phi) is 6.09. The van der Waals surface area contributed by atoms with Gasteiger partial charge in [0.2, 0.25) is 0 Å². The van der Waals surface area contributed by atoms with Gasteiger partial charge in [0.05, 0.1) is 10.6 Å². The topological polar surface area (TPSA) is 46.2 Å². The predicted octanol–water partition coefficient (Wildman–Crippen LogP) is 5.88. The van der Waals surface area contributed by atoms with Crippen LogP contribution in [0.25, 0.3) is 0 Å². The Balaban J connectivity index is 1.82. The number of nitrogens with one attached hydrogen (secondary N) is 1. The lowest BCUT2D eigenvalue weighted by molar-refractivity contribution is 0.598. The van der Waals surface area contributed by atoms with Crippen LogP contribution in [0.2, 0.25) is 5.02 Å². The highest BCUT2D eigenvalue weighted by Crippen LogP contribution is 2.32. The van der Waals surface area contributed by atoms with Crippen molar-refractivity contribution in [2.24, 2.45) is 0 Å². The van der Waals surface area contributed by atoms with Crippen molar-refractivity contribution in [3.05, 3.63) is 88.7 Å². The molecule has 0 bridgehead atoms. The van der Waals surface area contributed by atoms with Crippen LogP contribution >= 0.6 is 23.4 Å². The molecule has 0 atom stereocenters. The summed E-state index contributed by atoms with van der Waals surface area (Å²) < 4.78 is 41.4. The minimum absolute atomic E-state index is 0.0569. The monoisotopic (exact) mass is 421 g/mol. The standard InChI is InChI=1S/C20H17ClFNO2S2/c1-14-12-17(22)10-11-20(14)27(24,25)23-18-4-2-3-5-19(18)26-13-15-6-8-16(21)9-7-15/h2-12,23H,13H2,1H3. The van der Waals surface area contributed by atoms with Crippen molar-refractivity contribution in [3.63, 3.8) is 0 Å². The molecule has 140 valence electrons. The zero-order valence-electron chi connectivity index (χ0n) is 14.4. The van der Waals surface area contributed by atoms with Crippen molar-refractivity contribution < 1.29 is 12.8 Å². The highest BCUT2D eigenvalue weighted by Gasteiger charge is 2.18. The third-order valence-corrected chi connectivity index (χ3v) is 6.79. The molecule has 3 aromatic carbocycles. The zero-order valence-corrected chi connectivity index (χ0v) is 16.8. The Morgan fingerprint density at radius 3 is 2.44 bits per heavy atom. The first-order valence-electron chi connectivity index (χ1n) is 8.10. The molecule has 0 saturated heterocycles. The van der Waals surface area contributed by atoms with Crippen LogP contribution in [0.5, 0.6) is 0 Å². The van der Waals surface area contributed by atoms with Crippen LogP contribution in [-0.2, 0) is 15.8 Å². The lowest BCUT2D eigenvalue weighted by atomic mass is 10.2. The van der Waals surface area contributed by atoms with Crippen LogP contribution in [0.15, 0.2) is 76.5 Å². The molecule has 0 aromatic heterocycles. The van der Waals surface area contributed by atoms with Crippen LogP contribution in [0.1, 0.15) is 11.1 Å². The molecular formula is C20H17ClFNO2S2. The molecule has 0 saturated carbocycles. The first-order valence-corrected chi connectivity index (χ1v) is 10.9. The highest BCUT2D eigenvalue weighted by molar-refractivity contribution is 7.98. The SMILES string of the molecule is Cc1cc(F)ccc1S(=O)(=O)Nc1ccccc1SCc1ccc(Cl)cc1. The predicted molar refractivity (Wildman–Crippen MR) is 109 cm³/mol. The summed E-state index contributed by atoms with van der Waals surface area (Å²) in [6.45, 7) is 1.57. The van der Waals surface area contributed by atoms with E-state index < -0.39 is 15.8 Å². The molecule has 0 aliphatic heterocycles. The maximum Gasteiger partial charge on any atom is 0.262 e. The highest BCUT2D eigenvalue weighted by atomic mass is 35.5. The molecule has 27 heavy (non-hydrogen) atoms. The van der Waals surface area contributed by atoms with E-state index in [9.17, 15) is 12.8 Å². The number of hydrogen-bond acceptors (Lipinski definition) is 3. The summed E-state index contributed by atoms with van der Waals surface area (Å²) in [5.41, 5.74) is 1.92. The maximum atomic E-state index is 13.3. The Labute approximate surface area is 167 Å². The molecule has 0 unspecified atom stereocenters. The Bertz CT molecular complexity index is 1050. The molecule has 7 heteroatoms. The second-order valence-corrected chi connectivity index (χ2v) is 9.03. The summed E-state index contributed by atoms with van der Waals surface area (Å²) in [6.07, 6.45) is 0. The quantitative estimate of drug-likeness (QED) is 0.505. The number of benzene rings is 3. The second kappa shape index (κ2) is 8.33. The molecule has 0 aliphatic rings. The van der Waals surface area contributed by atoms with Crippen LogP contribution in [0.4, 0.5) is 10.1 Å². The summed E-state index contributed by atoms with van der Waals surface area (Å²) in [4.78, 5) is 0.859. The molecule has 0 radical (unpaired) electrons. The van der Waals surface area contributed by atoms with Crippen LogP contribution in [-0.4, -0.2) is 8.42 Å². The van der Waals surface area contributed by atoms with E-state index in [2.05, 4.69) is 4.72 Å². The van der Waals surface area contributed by atoms with Gasteiger partial charge in [-0.05, 0) is 60.5 Å². The molecule has 0 aliphatic carbocycles. The molecule has 0 amide bonds. The lowest BCUT2D eigenvalue weighted by Gasteiger charge is -2.14. The van der Waals surface area contributed by atoms with Gasteiger partial charge in [0.15, 0.2) is 0 Å². The van der Waals surface area contributed by atoms with Gasteiger partial charge in [-0.15, -0.1) is 11.8 Å². The van der Waals surface area contributed by atoms with Crippen molar-refractivity contribution >= 4 is 39.1 Å². The van der Waals surface area contributed by atoms with Gasteiger partial charge in [-0.25, -0.2) is 12.8 Å². The molecule has 0 fully saturated rings. The van der Waals surface area contributed by atoms with Gasteiger partial charge >= 0.3 is 0 Å². The van der Waals surface area contributed by atoms with E-state index in [0.717, 1.165) is 16.5 Å². The van der Waals surface area contributed by atoms with E-state index in [4.69, 9.17) is 11.6 Å². The number of anilines is 1. The minimum Gasteiger partial charge on any atom is -0.278 e. The van der Waals surface area contributed by atoms with Gasteiger partial charge in [0, 0.05) is 15.7 Å². The van der Waals surface area contributed by atoms with E-state index >= 15 is 0 Å². The van der Waals surface area contributed by atoms with Crippen LogP contribution in [0.3, 0.4) is 0 Å². The number of sulfonamides is 1. The number of halogens is 2. The van der Waals surface area contributed by atoms with Crippen molar-refractivity contribution in [1.29, 1.82) is 0 Å². The molecule has 1 N–H and O–H groups in total. The summed E-state index contributed by atoms with van der Waals surface area (Å²) in [7, 11) is -3.82. The van der Waals surface area contributed by atoms with E-state index in [1.54, 1.807) is 19.1 Å². The number of rotatable bonds is 6. The number of thioether (sulfide) groups is 1. The number of hydrogen-bond donors (Lipinski definition) is 1. The smallest absolute Gasteiger partial charge is 0.262 e. The van der Waals surface area contributed by atoms with E-state index in [1.165, 1.54) is 23.9 Å². The van der Waals surface area contributed by atoms with E-state index in [1.807, 2.05) is 36.4 Å². The second-order valence-electron chi connectivity index (χ2n) is 5.93. The molecule has 0 spiro atoms. The number of aryl methyl sites for hydroxylation is 1. The summed E-state index contributed by atoms with van der Waals surface area (Å²) in [5.74, 6) is 0.205. The minimum atomic E-state index is -3.82. The van der Waals surface area contributed by atoms with Gasteiger partial charge in [-0.3, -0.25) is 4.72 Å². The van der Waals surface area contributed by atoms with Crippen molar-refractivity contribution in [2.75, 3.05) is 4.72 Å². The molecular weight excluding hydrogens is 405 g/mol. The van der Waals surface area contributed by atoms with E-state index in [0.29, 0.717) is 22.0 Å². The first kappa shape index (κ1) is 19.7. The molecule has 3 rings (SSSR count). The van der Waals surface area contributed by atoms with E-state index in [-0.39, 0.29) is 4.90 Å². The lowest BCUT2D eigenvalue weighted by Crippen LogP contribution is -2.15. The Morgan fingerprint density at radius 1 is 1.04 bits per heavy atom. The fourth-order valence-electron chi connectivity index (χ4n) is 2.53. The Morgan fingerprint density at radius 2 is 1.74 bits per heavy atom. The van der Waals surface area contributed by atoms with Gasteiger partial charge in [-0.1, -0.05) is 35.9 Å². The van der Waals surface area contributed by atoms with Crippen molar-refractivity contribution in [1.82, 2.24) is 0 Å². The maximum absolute atomic E-state index is 13.3. The van der Waals surface area contributed by atoms with Crippen molar-refractivity contribution in [2.45, 2.75) is 22.5 Å². The normalized spacial score (nSPS) is 11.4. The number of para-hydroxylation sites is 1. The largest absolute Gasteiger partial charge is 0.278 e. The summed E-state index contributed by atoms with van der Waals surface area (Å²) >= 11 is 7.42. The van der Waals surface area contributed by atoms with Gasteiger partial charge in [-0.2, -0.15) is 0 Å². The van der Waals surface area contributed by atoms with Crippen LogP contribution in [0, 0.1) is 12.7 Å². The molecule has 3 nitrogen and oxygen atoms in total. The summed E-state index contributed by atoms with van der Waals surface area (Å²) in [6, 6.07) is 18.3.